The SMILES string of the molecule is N[C@H](Cc1cc(F)c(F)cc1F)C1C[C@H]2CC[C@@H](C1)N2C(=O)CS(=O)(=O)N1Cc2ccccc2C1. The van der Waals surface area contributed by atoms with Gasteiger partial charge in [0.2, 0.25) is 15.9 Å². The molecular weight excluding hydrogens is 479 g/mol. The van der Waals surface area contributed by atoms with E-state index in [-0.39, 0.29) is 43.1 Å². The van der Waals surface area contributed by atoms with Gasteiger partial charge in [0, 0.05) is 37.3 Å². The van der Waals surface area contributed by atoms with Gasteiger partial charge in [-0.2, -0.15) is 4.31 Å². The quantitative estimate of drug-likeness (QED) is 0.610. The molecule has 3 aliphatic heterocycles. The van der Waals surface area contributed by atoms with Crippen molar-refractivity contribution in [2.75, 3.05) is 5.75 Å². The molecular formula is C25H28F3N3O3S. The molecule has 0 saturated carbocycles. The standard InChI is InChI=1S/C25H28F3N3O3S/c26-21-11-23(28)22(27)9-17(21)10-24(29)18-7-19-5-6-20(8-18)31(19)25(32)14-35(33,34)30-12-15-3-1-2-4-16(15)13-30/h1-4,9,11,18-20,24H,5-8,10,12-14,29H2/t18?,19-,20+,24-/m1/s1. The number of hydrogen-bond acceptors (Lipinski definition) is 4. The number of nitrogens with zero attached hydrogens (tertiary/aromatic N) is 2. The molecule has 0 spiro atoms. The Hall–Kier alpha value is -2.43. The van der Waals surface area contributed by atoms with E-state index >= 15 is 0 Å². The third kappa shape index (κ3) is 4.71. The summed E-state index contributed by atoms with van der Waals surface area (Å²) in [5.74, 6) is -4.18. The highest BCUT2D eigenvalue weighted by molar-refractivity contribution is 7.89. The van der Waals surface area contributed by atoms with Crippen molar-refractivity contribution in [1.82, 2.24) is 9.21 Å². The van der Waals surface area contributed by atoms with Gasteiger partial charge in [-0.3, -0.25) is 4.79 Å². The van der Waals surface area contributed by atoms with E-state index < -0.39 is 45.2 Å². The molecule has 6 nitrogen and oxygen atoms in total. The molecule has 5 rings (SSSR count). The normalized spacial score (nSPS) is 25.0. The third-order valence-electron chi connectivity index (χ3n) is 7.72. The van der Waals surface area contributed by atoms with Crippen molar-refractivity contribution in [2.24, 2.45) is 11.7 Å². The molecule has 2 saturated heterocycles. The van der Waals surface area contributed by atoms with E-state index in [1.54, 1.807) is 4.90 Å². The molecule has 10 heteroatoms. The molecule has 2 aromatic rings. The second-order valence-corrected chi connectivity index (χ2v) is 11.9. The summed E-state index contributed by atoms with van der Waals surface area (Å²) >= 11 is 0. The Morgan fingerprint density at radius 1 is 0.971 bits per heavy atom. The highest BCUT2D eigenvalue weighted by atomic mass is 32.2. The maximum atomic E-state index is 14.1. The number of benzene rings is 2. The lowest BCUT2D eigenvalue weighted by atomic mass is 9.82. The maximum absolute atomic E-state index is 14.1. The number of amides is 1. The Kier molecular flexibility index (Phi) is 6.39. The van der Waals surface area contributed by atoms with Crippen LogP contribution in [0.25, 0.3) is 0 Å². The van der Waals surface area contributed by atoms with Crippen molar-refractivity contribution < 1.29 is 26.4 Å². The Balaban J connectivity index is 1.22. The van der Waals surface area contributed by atoms with Gasteiger partial charge < -0.3 is 10.6 Å². The van der Waals surface area contributed by atoms with E-state index in [1.165, 1.54) is 4.31 Å². The first kappa shape index (κ1) is 24.3. The van der Waals surface area contributed by atoms with Crippen molar-refractivity contribution in [2.45, 2.75) is 63.3 Å². The number of carbonyl (C=O) groups excluding carboxylic acids is 1. The van der Waals surface area contributed by atoms with E-state index in [0.717, 1.165) is 30.0 Å². The fourth-order valence-corrected chi connectivity index (χ4v) is 7.25. The number of piperidine rings is 1. The molecule has 2 fully saturated rings. The van der Waals surface area contributed by atoms with Gasteiger partial charge in [-0.25, -0.2) is 21.6 Å². The predicted octanol–water partition coefficient (Wildman–Crippen LogP) is 3.09. The first-order chi connectivity index (χ1) is 16.6. The van der Waals surface area contributed by atoms with Crippen LogP contribution in [0.2, 0.25) is 0 Å². The number of rotatable bonds is 6. The summed E-state index contributed by atoms with van der Waals surface area (Å²) in [5.41, 5.74) is 8.29. The number of sulfonamides is 1. The summed E-state index contributed by atoms with van der Waals surface area (Å²) in [6.45, 7) is 0.548. The summed E-state index contributed by atoms with van der Waals surface area (Å²) in [4.78, 5) is 14.9. The molecule has 1 unspecified atom stereocenters. The summed E-state index contributed by atoms with van der Waals surface area (Å²) in [6.07, 6.45) is 2.72. The van der Waals surface area contributed by atoms with Gasteiger partial charge in [0.05, 0.1) is 0 Å². The van der Waals surface area contributed by atoms with Crippen LogP contribution < -0.4 is 5.73 Å². The fraction of sp³-hybridized carbons (Fsp3) is 0.480. The van der Waals surface area contributed by atoms with Crippen molar-refractivity contribution in [1.29, 1.82) is 0 Å². The number of nitrogens with two attached hydrogens (primary N) is 1. The number of halogens is 3. The first-order valence-electron chi connectivity index (χ1n) is 11.9. The van der Waals surface area contributed by atoms with E-state index in [9.17, 15) is 26.4 Å². The lowest BCUT2D eigenvalue weighted by Gasteiger charge is -2.41. The molecule has 3 aliphatic rings. The lowest BCUT2D eigenvalue weighted by Crippen LogP contribution is -2.52. The van der Waals surface area contributed by atoms with Gasteiger partial charge >= 0.3 is 0 Å². The molecule has 2 aromatic carbocycles. The van der Waals surface area contributed by atoms with E-state index in [0.29, 0.717) is 18.9 Å². The third-order valence-corrected chi connectivity index (χ3v) is 9.38. The Morgan fingerprint density at radius 3 is 2.14 bits per heavy atom. The predicted molar refractivity (Wildman–Crippen MR) is 124 cm³/mol. The molecule has 1 amide bonds. The lowest BCUT2D eigenvalue weighted by molar-refractivity contribution is -0.133. The van der Waals surface area contributed by atoms with Gasteiger partial charge in [0.25, 0.3) is 0 Å². The summed E-state index contributed by atoms with van der Waals surface area (Å²) < 4.78 is 68.3. The minimum Gasteiger partial charge on any atom is -0.336 e. The maximum Gasteiger partial charge on any atom is 0.239 e. The largest absolute Gasteiger partial charge is 0.336 e. The molecule has 2 N–H and O–H groups in total. The van der Waals surface area contributed by atoms with Gasteiger partial charge in [-0.05, 0) is 60.8 Å². The van der Waals surface area contributed by atoms with E-state index in [4.69, 9.17) is 5.73 Å². The van der Waals surface area contributed by atoms with Crippen LogP contribution in [0.15, 0.2) is 36.4 Å². The molecule has 3 heterocycles. The highest BCUT2D eigenvalue weighted by Crippen LogP contribution is 2.40. The Bertz CT molecular complexity index is 1220. The van der Waals surface area contributed by atoms with Crippen molar-refractivity contribution in [3.8, 4) is 0 Å². The monoisotopic (exact) mass is 507 g/mol. The zero-order valence-electron chi connectivity index (χ0n) is 19.2. The fourth-order valence-electron chi connectivity index (χ4n) is 5.94. The minimum atomic E-state index is -3.77. The second kappa shape index (κ2) is 9.22. The Labute approximate surface area is 202 Å². The van der Waals surface area contributed by atoms with Crippen molar-refractivity contribution in [3.05, 3.63) is 70.5 Å². The molecule has 188 valence electrons. The molecule has 0 aliphatic carbocycles. The van der Waals surface area contributed by atoms with Crippen LogP contribution in [0.5, 0.6) is 0 Å². The topological polar surface area (TPSA) is 83.7 Å². The zero-order valence-corrected chi connectivity index (χ0v) is 20.0. The summed E-state index contributed by atoms with van der Waals surface area (Å²) in [7, 11) is -3.77. The molecule has 35 heavy (non-hydrogen) atoms. The average Bonchev–Trinajstić information content (AvgIpc) is 3.36. The first-order valence-corrected chi connectivity index (χ1v) is 13.5. The van der Waals surface area contributed by atoms with Crippen LogP contribution in [-0.2, 0) is 34.3 Å². The number of hydrogen-bond donors (Lipinski definition) is 1. The summed E-state index contributed by atoms with van der Waals surface area (Å²) in [6, 6.07) is 8.17. The smallest absolute Gasteiger partial charge is 0.239 e. The van der Waals surface area contributed by atoms with Crippen LogP contribution in [-0.4, -0.2) is 47.4 Å². The van der Waals surface area contributed by atoms with Crippen LogP contribution >= 0.6 is 0 Å². The van der Waals surface area contributed by atoms with Crippen LogP contribution in [0.4, 0.5) is 13.2 Å². The molecule has 4 atom stereocenters. The van der Waals surface area contributed by atoms with Gasteiger partial charge in [0.1, 0.15) is 11.6 Å². The minimum absolute atomic E-state index is 0.0277. The molecule has 2 bridgehead atoms. The molecule has 0 radical (unpaired) electrons. The van der Waals surface area contributed by atoms with Crippen LogP contribution in [0.1, 0.15) is 42.4 Å². The van der Waals surface area contributed by atoms with Crippen molar-refractivity contribution in [3.63, 3.8) is 0 Å². The zero-order chi connectivity index (χ0) is 24.9. The number of fused-ring (bicyclic) bond motifs is 3. The van der Waals surface area contributed by atoms with Crippen molar-refractivity contribution >= 4 is 15.9 Å². The number of carbonyl (C=O) groups is 1. The summed E-state index contributed by atoms with van der Waals surface area (Å²) in [5, 5.41) is 0. The Morgan fingerprint density at radius 2 is 1.54 bits per heavy atom. The van der Waals surface area contributed by atoms with E-state index in [2.05, 4.69) is 0 Å². The van der Waals surface area contributed by atoms with Gasteiger partial charge in [-0.1, -0.05) is 24.3 Å². The average molecular weight is 508 g/mol. The second-order valence-electron chi connectivity index (χ2n) is 9.94. The van der Waals surface area contributed by atoms with Gasteiger partial charge in [-0.15, -0.1) is 0 Å². The highest BCUT2D eigenvalue weighted by Gasteiger charge is 2.46. The van der Waals surface area contributed by atoms with Crippen LogP contribution in [0.3, 0.4) is 0 Å². The molecule has 0 aromatic heterocycles. The van der Waals surface area contributed by atoms with Crippen LogP contribution in [0, 0.1) is 23.4 Å². The van der Waals surface area contributed by atoms with Gasteiger partial charge in [0.15, 0.2) is 11.6 Å². The van der Waals surface area contributed by atoms with E-state index in [1.807, 2.05) is 24.3 Å².